The predicted octanol–water partition coefficient (Wildman–Crippen LogP) is 3.24. The Labute approximate surface area is 110 Å². The van der Waals surface area contributed by atoms with Gasteiger partial charge in [-0.05, 0) is 41.3 Å². The maximum Gasteiger partial charge on any atom is 0.0414 e. The van der Waals surface area contributed by atoms with Crippen molar-refractivity contribution in [1.29, 1.82) is 0 Å². The van der Waals surface area contributed by atoms with Crippen molar-refractivity contribution in [3.63, 3.8) is 0 Å². The van der Waals surface area contributed by atoms with Crippen LogP contribution in [0.15, 0.2) is 15.9 Å². The zero-order chi connectivity index (χ0) is 11.7. The Balaban J connectivity index is 2.06. The van der Waals surface area contributed by atoms with Crippen LogP contribution in [0.3, 0.4) is 0 Å². The molecule has 4 heteroatoms. The second-order valence-electron chi connectivity index (χ2n) is 4.90. The third-order valence-electron chi connectivity index (χ3n) is 3.27. The molecule has 0 aromatic carbocycles. The number of halogens is 1. The lowest BCUT2D eigenvalue weighted by atomic mass is 9.95. The summed E-state index contributed by atoms with van der Waals surface area (Å²) in [7, 11) is 0. The van der Waals surface area contributed by atoms with E-state index in [9.17, 15) is 0 Å². The van der Waals surface area contributed by atoms with Crippen molar-refractivity contribution in [1.82, 2.24) is 4.90 Å². The fourth-order valence-electron chi connectivity index (χ4n) is 2.49. The summed E-state index contributed by atoms with van der Waals surface area (Å²) in [6, 6.07) is 3.06. The molecule has 2 rings (SSSR count). The van der Waals surface area contributed by atoms with Crippen LogP contribution in [-0.4, -0.2) is 24.0 Å². The van der Waals surface area contributed by atoms with Gasteiger partial charge in [-0.1, -0.05) is 6.92 Å². The monoisotopic (exact) mass is 302 g/mol. The number of hydrogen-bond donors (Lipinski definition) is 1. The van der Waals surface area contributed by atoms with Gasteiger partial charge in [-0.15, -0.1) is 11.3 Å². The summed E-state index contributed by atoms with van der Waals surface area (Å²) >= 11 is 5.34. The molecule has 1 aliphatic rings. The number of nitrogens with two attached hydrogens (primary N) is 1. The topological polar surface area (TPSA) is 29.3 Å². The average molecular weight is 303 g/mol. The van der Waals surface area contributed by atoms with E-state index in [-0.39, 0.29) is 0 Å². The zero-order valence-corrected chi connectivity index (χ0v) is 12.2. The van der Waals surface area contributed by atoms with Gasteiger partial charge >= 0.3 is 0 Å². The average Bonchev–Trinajstić information content (AvgIpc) is 2.62. The fourth-order valence-corrected chi connectivity index (χ4v) is 4.02. The van der Waals surface area contributed by atoms with Gasteiger partial charge in [0, 0.05) is 39.9 Å². The Morgan fingerprint density at radius 2 is 2.31 bits per heavy atom. The van der Waals surface area contributed by atoms with E-state index in [0.29, 0.717) is 12.1 Å². The van der Waals surface area contributed by atoms with Gasteiger partial charge in [-0.2, -0.15) is 0 Å². The second kappa shape index (κ2) is 5.17. The second-order valence-corrected chi connectivity index (χ2v) is 6.76. The molecule has 2 N–H and O–H groups in total. The molecule has 3 atom stereocenters. The molecule has 0 amide bonds. The summed E-state index contributed by atoms with van der Waals surface area (Å²) in [5.74, 6) is 0.717. The molecule has 90 valence electrons. The lowest BCUT2D eigenvalue weighted by Gasteiger charge is -2.38. The quantitative estimate of drug-likeness (QED) is 0.909. The van der Waals surface area contributed by atoms with Crippen LogP contribution in [0.5, 0.6) is 0 Å². The Bertz CT molecular complexity index is 343. The highest BCUT2D eigenvalue weighted by Gasteiger charge is 2.26. The molecular weight excluding hydrogens is 284 g/mol. The van der Waals surface area contributed by atoms with Gasteiger partial charge < -0.3 is 5.73 Å². The lowest BCUT2D eigenvalue weighted by Crippen LogP contribution is -2.46. The molecule has 3 unspecified atom stereocenters. The molecule has 0 spiro atoms. The van der Waals surface area contributed by atoms with Crippen LogP contribution in [0.2, 0.25) is 0 Å². The molecule has 1 saturated heterocycles. The Morgan fingerprint density at radius 3 is 2.88 bits per heavy atom. The highest BCUT2D eigenvalue weighted by atomic mass is 79.9. The lowest BCUT2D eigenvalue weighted by molar-refractivity contribution is 0.125. The summed E-state index contributed by atoms with van der Waals surface area (Å²) in [5, 5.41) is 2.15. The molecule has 0 saturated carbocycles. The molecule has 0 radical (unpaired) electrons. The third kappa shape index (κ3) is 2.86. The van der Waals surface area contributed by atoms with E-state index < -0.39 is 0 Å². The van der Waals surface area contributed by atoms with Crippen LogP contribution >= 0.6 is 27.3 Å². The van der Waals surface area contributed by atoms with E-state index >= 15 is 0 Å². The molecular formula is C12H19BrN2S. The van der Waals surface area contributed by atoms with Gasteiger partial charge in [-0.25, -0.2) is 0 Å². The first kappa shape index (κ1) is 12.6. The maximum absolute atomic E-state index is 6.09. The predicted molar refractivity (Wildman–Crippen MR) is 73.8 cm³/mol. The Hall–Kier alpha value is 0.1000. The minimum atomic E-state index is 0.342. The van der Waals surface area contributed by atoms with Gasteiger partial charge in [0.25, 0.3) is 0 Å². The first-order valence-corrected chi connectivity index (χ1v) is 7.47. The van der Waals surface area contributed by atoms with Crippen LogP contribution in [0.25, 0.3) is 0 Å². The smallest absolute Gasteiger partial charge is 0.0414 e. The van der Waals surface area contributed by atoms with E-state index in [0.717, 1.165) is 18.9 Å². The van der Waals surface area contributed by atoms with Crippen LogP contribution in [0.1, 0.15) is 31.2 Å². The summed E-state index contributed by atoms with van der Waals surface area (Å²) in [4.78, 5) is 3.94. The molecule has 1 aromatic rings. The largest absolute Gasteiger partial charge is 0.327 e. The Morgan fingerprint density at radius 1 is 1.56 bits per heavy atom. The summed E-state index contributed by atoms with van der Waals surface area (Å²) in [6.07, 6.45) is 1.16. The maximum atomic E-state index is 6.09. The van der Waals surface area contributed by atoms with Crippen LogP contribution < -0.4 is 5.73 Å². The van der Waals surface area contributed by atoms with E-state index in [1.807, 2.05) is 11.3 Å². The molecule has 1 fully saturated rings. The highest BCUT2D eigenvalue weighted by molar-refractivity contribution is 9.10. The third-order valence-corrected chi connectivity index (χ3v) is 5.13. The van der Waals surface area contributed by atoms with E-state index in [1.165, 1.54) is 15.9 Å². The van der Waals surface area contributed by atoms with Gasteiger partial charge in [0.1, 0.15) is 0 Å². The molecule has 1 aliphatic heterocycles. The summed E-state index contributed by atoms with van der Waals surface area (Å²) < 4.78 is 1.19. The molecule has 16 heavy (non-hydrogen) atoms. The van der Waals surface area contributed by atoms with Crippen molar-refractivity contribution < 1.29 is 0 Å². The van der Waals surface area contributed by atoms with Gasteiger partial charge in [0.15, 0.2) is 0 Å². The molecule has 1 aromatic heterocycles. The standard InChI is InChI=1S/C12H19BrN2S/c1-8-3-11(14)6-15(5-8)9(2)12-4-10(13)7-16-12/h4,7-9,11H,3,5-6,14H2,1-2H3. The van der Waals surface area contributed by atoms with E-state index in [2.05, 4.69) is 46.1 Å². The summed E-state index contributed by atoms with van der Waals surface area (Å²) in [6.45, 7) is 6.78. The molecule has 0 bridgehead atoms. The number of thiophene rings is 1. The minimum Gasteiger partial charge on any atom is -0.327 e. The first-order valence-electron chi connectivity index (χ1n) is 5.80. The van der Waals surface area contributed by atoms with Crippen LogP contribution in [-0.2, 0) is 0 Å². The zero-order valence-electron chi connectivity index (χ0n) is 9.82. The fraction of sp³-hybridized carbons (Fsp3) is 0.667. The SMILES string of the molecule is CC1CC(N)CN(C(C)c2cc(Br)cs2)C1. The number of hydrogen-bond acceptors (Lipinski definition) is 3. The normalized spacial score (nSPS) is 29.2. The van der Waals surface area contributed by atoms with Gasteiger partial charge in [-0.3, -0.25) is 4.90 Å². The molecule has 2 heterocycles. The van der Waals surface area contributed by atoms with Crippen molar-refractivity contribution in [2.24, 2.45) is 11.7 Å². The molecule has 2 nitrogen and oxygen atoms in total. The number of likely N-dealkylation sites (tertiary alicyclic amines) is 1. The van der Waals surface area contributed by atoms with Gasteiger partial charge in [0.05, 0.1) is 0 Å². The number of rotatable bonds is 2. The van der Waals surface area contributed by atoms with Crippen molar-refractivity contribution in [3.05, 3.63) is 20.8 Å². The summed E-state index contributed by atoms with van der Waals surface area (Å²) in [5.41, 5.74) is 6.09. The van der Waals surface area contributed by atoms with Crippen molar-refractivity contribution in [2.45, 2.75) is 32.4 Å². The highest BCUT2D eigenvalue weighted by Crippen LogP contribution is 2.31. The Kier molecular flexibility index (Phi) is 4.06. The van der Waals surface area contributed by atoms with Gasteiger partial charge in [0.2, 0.25) is 0 Å². The minimum absolute atomic E-state index is 0.342. The molecule has 0 aliphatic carbocycles. The first-order chi connectivity index (χ1) is 7.56. The van der Waals surface area contributed by atoms with Crippen molar-refractivity contribution >= 4 is 27.3 Å². The number of nitrogens with zero attached hydrogens (tertiary/aromatic N) is 1. The van der Waals surface area contributed by atoms with Crippen molar-refractivity contribution in [2.75, 3.05) is 13.1 Å². The van der Waals surface area contributed by atoms with Crippen LogP contribution in [0.4, 0.5) is 0 Å². The van der Waals surface area contributed by atoms with Crippen molar-refractivity contribution in [3.8, 4) is 0 Å². The number of piperidine rings is 1. The van der Waals surface area contributed by atoms with E-state index in [4.69, 9.17) is 5.73 Å². The van der Waals surface area contributed by atoms with Crippen LogP contribution in [0, 0.1) is 5.92 Å². The van der Waals surface area contributed by atoms with E-state index in [1.54, 1.807) is 0 Å².